The van der Waals surface area contributed by atoms with Crippen molar-refractivity contribution in [1.82, 2.24) is 15.4 Å². The maximum absolute atomic E-state index is 13.8. The number of amides is 2. The van der Waals surface area contributed by atoms with E-state index in [0.29, 0.717) is 49.2 Å². The highest BCUT2D eigenvalue weighted by Crippen LogP contribution is 2.27. The Morgan fingerprint density at radius 2 is 1.61 bits per heavy atom. The second-order valence-corrected chi connectivity index (χ2v) is 12.9. The molecule has 10 nitrogen and oxygen atoms in total. The number of carbonyl (C=O) groups is 3. The first-order valence-electron chi connectivity index (χ1n) is 14.9. The maximum atomic E-state index is 13.8. The van der Waals surface area contributed by atoms with Crippen molar-refractivity contribution in [2.24, 2.45) is 0 Å². The topological polar surface area (TPSA) is 162 Å². The summed E-state index contributed by atoms with van der Waals surface area (Å²) in [4.78, 5) is 33.6. The molecule has 0 fully saturated rings. The van der Waals surface area contributed by atoms with E-state index in [9.17, 15) is 32.3 Å². The van der Waals surface area contributed by atoms with Gasteiger partial charge in [0.2, 0.25) is 5.91 Å². The first kappa shape index (κ1) is 38.4. The van der Waals surface area contributed by atoms with Crippen LogP contribution in [0.2, 0.25) is 0 Å². The predicted octanol–water partition coefficient (Wildman–Crippen LogP) is 4.08. The molecule has 0 aliphatic rings. The average molecular weight is 676 g/mol. The molecule has 3 rings (SSSR count). The minimum atomic E-state index is -4.18. The molecule has 0 unspecified atom stereocenters. The standard InChI is InChI=1S/C28H32FN3O5S2.C5H10O2/c1-19(33)28(35)32-39(36,37)26-9-5-3-7-24(26)21-12-10-20(11-13-21)17-30-15-14-27(34)31-18-23(38)16-22-6-2-4-8-25(22)29;1-2-3-4-5(6)7/h2-13,19,23,30,33,38H,14-18H2,1H3,(H,31,34)(H,32,35);2-4H2,1H3,(H,6,7)/t19-,23+;/m0./s1. The summed E-state index contributed by atoms with van der Waals surface area (Å²) in [7, 11) is -4.18. The molecule has 46 heavy (non-hydrogen) atoms. The second-order valence-electron chi connectivity index (χ2n) is 10.5. The fourth-order valence-electron chi connectivity index (χ4n) is 4.09. The summed E-state index contributed by atoms with van der Waals surface area (Å²) in [6.07, 6.45) is 1.30. The third-order valence-corrected chi connectivity index (χ3v) is 8.38. The lowest BCUT2D eigenvalue weighted by atomic mass is 10.0. The fourth-order valence-corrected chi connectivity index (χ4v) is 5.65. The monoisotopic (exact) mass is 675 g/mol. The first-order valence-corrected chi connectivity index (χ1v) is 16.9. The largest absolute Gasteiger partial charge is 0.481 e. The van der Waals surface area contributed by atoms with Gasteiger partial charge in [-0.25, -0.2) is 17.5 Å². The van der Waals surface area contributed by atoms with Gasteiger partial charge in [-0.2, -0.15) is 12.6 Å². The van der Waals surface area contributed by atoms with Crippen LogP contribution in [0.4, 0.5) is 4.39 Å². The average Bonchev–Trinajstić information content (AvgIpc) is 3.02. The van der Waals surface area contributed by atoms with E-state index in [4.69, 9.17) is 5.11 Å². The molecule has 0 aliphatic heterocycles. The van der Waals surface area contributed by atoms with Gasteiger partial charge in [0.1, 0.15) is 11.9 Å². The van der Waals surface area contributed by atoms with Crippen LogP contribution in [0, 0.1) is 5.82 Å². The van der Waals surface area contributed by atoms with Crippen molar-refractivity contribution in [3.8, 4) is 11.1 Å². The smallest absolute Gasteiger partial charge is 0.303 e. The summed E-state index contributed by atoms with van der Waals surface area (Å²) < 4.78 is 41.1. The Morgan fingerprint density at radius 1 is 0.957 bits per heavy atom. The quantitative estimate of drug-likeness (QED) is 0.0978. The first-order chi connectivity index (χ1) is 21.8. The number of aliphatic carboxylic acids is 1. The number of benzene rings is 3. The van der Waals surface area contributed by atoms with Crippen LogP contribution in [0.15, 0.2) is 77.7 Å². The van der Waals surface area contributed by atoms with Gasteiger partial charge in [0.15, 0.2) is 0 Å². The summed E-state index contributed by atoms with van der Waals surface area (Å²) in [6.45, 7) is 4.44. The van der Waals surface area contributed by atoms with Crippen molar-refractivity contribution >= 4 is 40.4 Å². The molecule has 0 bridgehead atoms. The van der Waals surface area contributed by atoms with Gasteiger partial charge in [0, 0.05) is 43.3 Å². The minimum absolute atomic E-state index is 0.0757. The van der Waals surface area contributed by atoms with Crippen molar-refractivity contribution < 1.29 is 37.4 Å². The molecule has 3 aromatic carbocycles. The van der Waals surface area contributed by atoms with Crippen LogP contribution >= 0.6 is 12.6 Å². The molecule has 0 saturated carbocycles. The normalized spacial score (nSPS) is 12.3. The molecular weight excluding hydrogens is 634 g/mol. The fraction of sp³-hybridized carbons (Fsp3) is 0.364. The minimum Gasteiger partial charge on any atom is -0.481 e. The summed E-state index contributed by atoms with van der Waals surface area (Å²) in [6, 6.07) is 20.0. The number of carbonyl (C=O) groups excluding carboxylic acids is 2. The summed E-state index contributed by atoms with van der Waals surface area (Å²) in [5.74, 6) is -2.11. The zero-order chi connectivity index (χ0) is 34.1. The van der Waals surface area contributed by atoms with Crippen LogP contribution < -0.4 is 15.4 Å². The van der Waals surface area contributed by atoms with Crippen molar-refractivity contribution in [3.63, 3.8) is 0 Å². The molecule has 5 N–H and O–H groups in total. The van der Waals surface area contributed by atoms with Gasteiger partial charge in [0.05, 0.1) is 4.90 Å². The maximum Gasteiger partial charge on any atom is 0.303 e. The van der Waals surface area contributed by atoms with E-state index >= 15 is 0 Å². The summed E-state index contributed by atoms with van der Waals surface area (Å²) in [5, 5.41) is 23.2. The van der Waals surface area contributed by atoms with Gasteiger partial charge in [-0.05, 0) is 48.6 Å². The lowest BCUT2D eigenvalue weighted by Gasteiger charge is -2.13. The second kappa shape index (κ2) is 19.7. The number of unbranched alkanes of at least 4 members (excludes halogenated alkanes) is 1. The number of aliphatic hydroxyl groups is 1. The number of hydrogen-bond donors (Lipinski definition) is 6. The molecule has 250 valence electrons. The molecule has 0 aliphatic carbocycles. The Morgan fingerprint density at radius 3 is 2.22 bits per heavy atom. The van der Waals surface area contributed by atoms with Crippen molar-refractivity contribution in [1.29, 1.82) is 0 Å². The number of carboxylic acids is 1. The molecule has 13 heteroatoms. The van der Waals surface area contributed by atoms with E-state index in [1.165, 1.54) is 19.1 Å². The van der Waals surface area contributed by atoms with E-state index < -0.39 is 28.0 Å². The molecule has 0 aromatic heterocycles. The van der Waals surface area contributed by atoms with Gasteiger partial charge in [-0.15, -0.1) is 0 Å². The van der Waals surface area contributed by atoms with Crippen LogP contribution in [-0.2, 0) is 37.4 Å². The molecule has 2 amide bonds. The summed E-state index contributed by atoms with van der Waals surface area (Å²) >= 11 is 4.44. The number of halogens is 1. The summed E-state index contributed by atoms with van der Waals surface area (Å²) in [5.41, 5.74) is 2.55. The van der Waals surface area contributed by atoms with Crippen molar-refractivity contribution in [3.05, 3.63) is 89.7 Å². The van der Waals surface area contributed by atoms with E-state index in [1.54, 1.807) is 48.5 Å². The van der Waals surface area contributed by atoms with Gasteiger partial charge in [0.25, 0.3) is 15.9 Å². The molecule has 0 heterocycles. The van der Waals surface area contributed by atoms with Gasteiger partial charge in [-0.1, -0.05) is 74.0 Å². The molecule has 0 radical (unpaired) electrons. The number of nitrogens with one attached hydrogen (secondary N) is 3. The Balaban J connectivity index is 0.000000942. The van der Waals surface area contributed by atoms with Gasteiger partial charge in [-0.3, -0.25) is 14.4 Å². The Labute approximate surface area is 275 Å². The highest BCUT2D eigenvalue weighted by molar-refractivity contribution is 7.90. The molecule has 3 aromatic rings. The highest BCUT2D eigenvalue weighted by atomic mass is 32.2. The van der Waals surface area contributed by atoms with E-state index in [2.05, 4.69) is 23.3 Å². The van der Waals surface area contributed by atoms with Crippen molar-refractivity contribution in [2.75, 3.05) is 13.1 Å². The van der Waals surface area contributed by atoms with Gasteiger partial charge < -0.3 is 20.8 Å². The van der Waals surface area contributed by atoms with E-state index in [0.717, 1.165) is 18.4 Å². The van der Waals surface area contributed by atoms with Crippen molar-refractivity contribution in [2.45, 2.75) is 68.7 Å². The Bertz CT molecular complexity index is 1530. The third kappa shape index (κ3) is 13.7. The lowest BCUT2D eigenvalue weighted by molar-refractivity contribution is -0.137. The molecule has 0 spiro atoms. The lowest BCUT2D eigenvalue weighted by Crippen LogP contribution is -2.37. The van der Waals surface area contributed by atoms with Crippen LogP contribution in [0.25, 0.3) is 11.1 Å². The van der Waals surface area contributed by atoms with E-state index in [-0.39, 0.29) is 28.3 Å². The third-order valence-electron chi connectivity index (χ3n) is 6.61. The zero-order valence-electron chi connectivity index (χ0n) is 25.9. The SMILES string of the molecule is CCCCC(=O)O.C[C@H](O)C(=O)NS(=O)(=O)c1ccccc1-c1ccc(CNCCC(=O)NC[C@H](S)Cc2ccccc2F)cc1. The Kier molecular flexibility index (Phi) is 16.4. The molecule has 2 atom stereocenters. The number of hydrogen-bond acceptors (Lipinski definition) is 8. The number of thiol groups is 1. The zero-order valence-corrected chi connectivity index (χ0v) is 27.6. The number of sulfonamides is 1. The molecule has 0 saturated heterocycles. The van der Waals surface area contributed by atoms with Crippen LogP contribution in [0.3, 0.4) is 0 Å². The Hall–Kier alpha value is -3.78. The number of aliphatic hydroxyl groups excluding tert-OH is 1. The molecular formula is C33H42FN3O7S2. The number of rotatable bonds is 16. The number of carboxylic acid groups (broad SMARTS) is 1. The van der Waals surface area contributed by atoms with E-state index in [1.807, 2.05) is 23.8 Å². The van der Waals surface area contributed by atoms with Crippen LogP contribution in [0.5, 0.6) is 0 Å². The van der Waals surface area contributed by atoms with Gasteiger partial charge >= 0.3 is 5.97 Å². The van der Waals surface area contributed by atoms with Crippen LogP contribution in [0.1, 0.15) is 50.7 Å². The highest BCUT2D eigenvalue weighted by Gasteiger charge is 2.23. The predicted molar refractivity (Wildman–Crippen MR) is 178 cm³/mol. The van der Waals surface area contributed by atoms with Crippen LogP contribution in [-0.4, -0.2) is 60.9 Å².